The minimum absolute atomic E-state index is 0.289. The molecule has 144 valence electrons. The third kappa shape index (κ3) is 5.65. The van der Waals surface area contributed by atoms with Crippen molar-refractivity contribution in [2.75, 3.05) is 11.9 Å². The van der Waals surface area contributed by atoms with Gasteiger partial charge in [-0.2, -0.15) is 5.26 Å². The van der Waals surface area contributed by atoms with Gasteiger partial charge in [0.15, 0.2) is 5.96 Å². The smallest absolute Gasteiger partial charge is 0.325 e. The summed E-state index contributed by atoms with van der Waals surface area (Å²) in [5.74, 6) is -0.738. The number of carboxylic acid groups (broad SMARTS) is 1. The number of carboxylic acids is 1. The molecule has 0 bridgehead atoms. The van der Waals surface area contributed by atoms with Gasteiger partial charge in [0.25, 0.3) is 0 Å². The van der Waals surface area contributed by atoms with Gasteiger partial charge in [-0.1, -0.05) is 36.4 Å². The number of benzene rings is 2. The Morgan fingerprint density at radius 2 is 1.79 bits per heavy atom. The topological polar surface area (TPSA) is 110 Å². The van der Waals surface area contributed by atoms with Gasteiger partial charge >= 0.3 is 5.97 Å². The third-order valence-corrected chi connectivity index (χ3v) is 4.08. The maximum atomic E-state index is 11.1. The van der Waals surface area contributed by atoms with Crippen molar-refractivity contribution in [2.24, 2.45) is 4.99 Å². The van der Waals surface area contributed by atoms with Gasteiger partial charge < -0.3 is 15.7 Å². The highest BCUT2D eigenvalue weighted by molar-refractivity contribution is 5.95. The second kappa shape index (κ2) is 9.67. The molecule has 0 saturated carbocycles. The number of guanidine groups is 1. The molecule has 7 nitrogen and oxygen atoms in total. The number of nitrogens with zero attached hydrogens (tertiary/aromatic N) is 3. The van der Waals surface area contributed by atoms with Crippen molar-refractivity contribution in [1.29, 1.82) is 5.26 Å². The Morgan fingerprint density at radius 3 is 2.41 bits per heavy atom. The maximum Gasteiger partial charge on any atom is 0.325 e. The molecule has 0 aliphatic rings. The van der Waals surface area contributed by atoms with Crippen molar-refractivity contribution in [1.82, 2.24) is 10.3 Å². The molecule has 1 atom stereocenters. The van der Waals surface area contributed by atoms with Crippen molar-refractivity contribution in [3.8, 4) is 6.07 Å². The highest BCUT2D eigenvalue weighted by atomic mass is 16.4. The van der Waals surface area contributed by atoms with E-state index in [9.17, 15) is 4.79 Å². The molecule has 1 heterocycles. The van der Waals surface area contributed by atoms with Crippen LogP contribution in [-0.2, 0) is 4.79 Å². The Balaban J connectivity index is 1.91. The highest BCUT2D eigenvalue weighted by Gasteiger charge is 2.16. The highest BCUT2D eigenvalue weighted by Crippen LogP contribution is 2.21. The van der Waals surface area contributed by atoms with E-state index in [1.54, 1.807) is 36.7 Å². The summed E-state index contributed by atoms with van der Waals surface area (Å²) in [5.41, 5.74) is 3.09. The van der Waals surface area contributed by atoms with E-state index in [0.717, 1.165) is 11.1 Å². The zero-order valence-electron chi connectivity index (χ0n) is 15.5. The van der Waals surface area contributed by atoms with Crippen LogP contribution >= 0.6 is 0 Å². The molecule has 0 saturated heterocycles. The van der Waals surface area contributed by atoms with Gasteiger partial charge in [0.05, 0.1) is 17.7 Å². The van der Waals surface area contributed by atoms with E-state index in [-0.39, 0.29) is 12.6 Å². The van der Waals surface area contributed by atoms with Crippen LogP contribution in [0.2, 0.25) is 0 Å². The largest absolute Gasteiger partial charge is 0.480 e. The number of carbonyl (C=O) groups is 1. The first-order valence-corrected chi connectivity index (χ1v) is 8.90. The van der Waals surface area contributed by atoms with Crippen molar-refractivity contribution in [2.45, 2.75) is 6.04 Å². The van der Waals surface area contributed by atoms with Crippen molar-refractivity contribution in [3.63, 3.8) is 0 Å². The molecule has 3 rings (SSSR count). The first kappa shape index (κ1) is 19.6. The molecule has 0 amide bonds. The summed E-state index contributed by atoms with van der Waals surface area (Å²) < 4.78 is 0. The van der Waals surface area contributed by atoms with Crippen LogP contribution in [0.15, 0.2) is 84.1 Å². The molecule has 0 spiro atoms. The Labute approximate surface area is 168 Å². The quantitative estimate of drug-likeness (QED) is 0.444. The number of hydrogen-bond donors (Lipinski definition) is 3. The molecule has 0 fully saturated rings. The molecule has 1 aromatic heterocycles. The number of aliphatic carboxylic acids is 1. The number of pyridine rings is 1. The van der Waals surface area contributed by atoms with E-state index in [1.807, 2.05) is 42.5 Å². The average molecular weight is 385 g/mol. The molecule has 7 heteroatoms. The number of anilines is 1. The van der Waals surface area contributed by atoms with Crippen LogP contribution in [0.3, 0.4) is 0 Å². The number of nitrogens with one attached hydrogen (secondary N) is 2. The van der Waals surface area contributed by atoms with E-state index in [2.05, 4.69) is 26.7 Å². The second-order valence-corrected chi connectivity index (χ2v) is 6.15. The van der Waals surface area contributed by atoms with Gasteiger partial charge in [-0.05, 0) is 41.5 Å². The first-order valence-electron chi connectivity index (χ1n) is 8.90. The number of rotatable bonds is 6. The molecule has 0 radical (unpaired) electrons. The molecular weight excluding hydrogens is 366 g/mol. The normalized spacial score (nSPS) is 11.9. The summed E-state index contributed by atoms with van der Waals surface area (Å²) in [4.78, 5) is 19.4. The van der Waals surface area contributed by atoms with E-state index in [4.69, 9.17) is 10.4 Å². The predicted octanol–water partition coefficient (Wildman–Crippen LogP) is 3.18. The Bertz CT molecular complexity index is 973. The van der Waals surface area contributed by atoms with Crippen LogP contribution in [0.1, 0.15) is 22.7 Å². The fourth-order valence-electron chi connectivity index (χ4n) is 2.72. The maximum absolute atomic E-state index is 11.1. The molecule has 0 aliphatic heterocycles. The van der Waals surface area contributed by atoms with Gasteiger partial charge in [-0.15, -0.1) is 0 Å². The number of aromatic nitrogens is 1. The van der Waals surface area contributed by atoms with Crippen molar-refractivity contribution >= 4 is 17.6 Å². The molecular formula is C22H19N5O2. The van der Waals surface area contributed by atoms with Crippen LogP contribution in [0, 0.1) is 11.3 Å². The van der Waals surface area contributed by atoms with E-state index in [0.29, 0.717) is 17.2 Å². The lowest BCUT2D eigenvalue weighted by Crippen LogP contribution is -2.35. The first-order chi connectivity index (χ1) is 14.2. The van der Waals surface area contributed by atoms with Crippen LogP contribution in [0.4, 0.5) is 5.69 Å². The molecule has 3 aromatic rings. The Kier molecular flexibility index (Phi) is 6.53. The van der Waals surface area contributed by atoms with E-state index < -0.39 is 5.97 Å². The average Bonchev–Trinajstić information content (AvgIpc) is 2.77. The fraction of sp³-hybridized carbons (Fsp3) is 0.0909. The molecule has 0 unspecified atom stereocenters. The van der Waals surface area contributed by atoms with Gasteiger partial charge in [0.2, 0.25) is 0 Å². The molecule has 2 aromatic carbocycles. The summed E-state index contributed by atoms with van der Waals surface area (Å²) in [7, 11) is 0. The Hall–Kier alpha value is -4.18. The summed E-state index contributed by atoms with van der Waals surface area (Å²) in [6, 6.07) is 22.1. The van der Waals surface area contributed by atoms with Crippen molar-refractivity contribution < 1.29 is 9.90 Å². The van der Waals surface area contributed by atoms with E-state index in [1.165, 1.54) is 0 Å². The minimum Gasteiger partial charge on any atom is -0.480 e. The third-order valence-electron chi connectivity index (χ3n) is 4.08. The van der Waals surface area contributed by atoms with Crippen LogP contribution in [0.5, 0.6) is 0 Å². The lowest BCUT2D eigenvalue weighted by Gasteiger charge is -2.22. The lowest BCUT2D eigenvalue weighted by molar-refractivity contribution is -0.135. The SMILES string of the molecule is N#Cc1ccc(NC(=NCC(=O)O)N[C@H](c2ccccc2)c2cccnc2)cc1. The predicted molar refractivity (Wildman–Crippen MR) is 110 cm³/mol. The number of aliphatic imine (C=N–C) groups is 1. The van der Waals surface area contributed by atoms with Gasteiger partial charge in [0, 0.05) is 18.1 Å². The molecule has 3 N–H and O–H groups in total. The van der Waals surface area contributed by atoms with Crippen molar-refractivity contribution in [3.05, 3.63) is 95.8 Å². The van der Waals surface area contributed by atoms with Gasteiger partial charge in [-0.3, -0.25) is 9.78 Å². The minimum atomic E-state index is -1.04. The summed E-state index contributed by atoms with van der Waals surface area (Å²) in [6.45, 7) is -0.389. The summed E-state index contributed by atoms with van der Waals surface area (Å²) in [5, 5.41) is 24.4. The number of hydrogen-bond acceptors (Lipinski definition) is 4. The standard InChI is InChI=1S/C22H19N5O2/c23-13-16-8-10-19(11-9-16)26-22(25-15-20(28)29)27-21(17-5-2-1-3-6-17)18-7-4-12-24-14-18/h1-12,14,21H,15H2,(H,28,29)(H2,25,26,27)/t21-/m1/s1. The fourth-order valence-corrected chi connectivity index (χ4v) is 2.72. The summed E-state index contributed by atoms with van der Waals surface area (Å²) >= 11 is 0. The Morgan fingerprint density at radius 1 is 1.07 bits per heavy atom. The van der Waals surface area contributed by atoms with Crippen LogP contribution in [0.25, 0.3) is 0 Å². The second-order valence-electron chi connectivity index (χ2n) is 6.15. The molecule has 0 aliphatic carbocycles. The van der Waals surface area contributed by atoms with Gasteiger partial charge in [-0.25, -0.2) is 4.99 Å². The van der Waals surface area contributed by atoms with Gasteiger partial charge in [0.1, 0.15) is 6.54 Å². The number of nitriles is 1. The van der Waals surface area contributed by atoms with E-state index >= 15 is 0 Å². The van der Waals surface area contributed by atoms with Crippen LogP contribution in [-0.4, -0.2) is 28.6 Å². The lowest BCUT2D eigenvalue weighted by atomic mass is 10.0. The molecule has 29 heavy (non-hydrogen) atoms. The summed E-state index contributed by atoms with van der Waals surface area (Å²) in [6.07, 6.45) is 3.45. The zero-order chi connectivity index (χ0) is 20.5. The zero-order valence-corrected chi connectivity index (χ0v) is 15.5. The monoisotopic (exact) mass is 385 g/mol. The van der Waals surface area contributed by atoms with Crippen LogP contribution < -0.4 is 10.6 Å².